The molecule has 0 aromatic heterocycles. The van der Waals surface area contributed by atoms with E-state index in [-0.39, 0.29) is 12.1 Å². The number of hydrogen-bond acceptors (Lipinski definition) is 3. The zero-order valence-electron chi connectivity index (χ0n) is 10.2. The molecule has 2 fully saturated rings. The third kappa shape index (κ3) is 3.21. The number of ether oxygens (including phenoxy) is 1. The molecule has 92 valence electrons. The first-order valence-corrected chi connectivity index (χ1v) is 6.66. The molecule has 0 amide bonds. The van der Waals surface area contributed by atoms with E-state index in [0.29, 0.717) is 18.3 Å². The number of hydrogen-bond donors (Lipinski definition) is 1. The normalized spacial score (nSPS) is 28.2. The van der Waals surface area contributed by atoms with Crippen molar-refractivity contribution < 1.29 is 9.53 Å². The maximum Gasteiger partial charge on any atom is 0.306 e. The fraction of sp³-hybridized carbons (Fsp3) is 0.923. The van der Waals surface area contributed by atoms with Gasteiger partial charge in [0.15, 0.2) is 0 Å². The molecule has 3 heteroatoms. The molecule has 2 aliphatic rings. The fourth-order valence-electron chi connectivity index (χ4n) is 2.52. The molecule has 0 aromatic rings. The summed E-state index contributed by atoms with van der Waals surface area (Å²) >= 11 is 0. The Morgan fingerprint density at radius 2 is 2.19 bits per heavy atom. The van der Waals surface area contributed by atoms with Gasteiger partial charge in [-0.3, -0.25) is 4.79 Å². The van der Waals surface area contributed by atoms with Gasteiger partial charge in [-0.25, -0.2) is 0 Å². The van der Waals surface area contributed by atoms with Crippen LogP contribution in [0.15, 0.2) is 0 Å². The van der Waals surface area contributed by atoms with E-state index in [1.807, 2.05) is 0 Å². The number of esters is 1. The zero-order chi connectivity index (χ0) is 11.4. The summed E-state index contributed by atoms with van der Waals surface area (Å²) in [5.74, 6) is 1.13. The van der Waals surface area contributed by atoms with E-state index in [9.17, 15) is 4.79 Å². The largest absolute Gasteiger partial charge is 0.462 e. The smallest absolute Gasteiger partial charge is 0.306 e. The topological polar surface area (TPSA) is 38.3 Å². The fourth-order valence-corrected chi connectivity index (χ4v) is 2.52. The Labute approximate surface area is 97.9 Å². The van der Waals surface area contributed by atoms with Crippen LogP contribution in [0.2, 0.25) is 0 Å². The van der Waals surface area contributed by atoms with Crippen molar-refractivity contribution in [3.8, 4) is 0 Å². The van der Waals surface area contributed by atoms with Crippen LogP contribution >= 0.6 is 0 Å². The average Bonchev–Trinajstić information content (AvgIpc) is 2.25. The Morgan fingerprint density at radius 1 is 1.38 bits per heavy atom. The summed E-state index contributed by atoms with van der Waals surface area (Å²) in [6.07, 6.45) is 6.71. The molecule has 2 rings (SSSR count). The van der Waals surface area contributed by atoms with Gasteiger partial charge in [-0.2, -0.15) is 0 Å². The van der Waals surface area contributed by atoms with Crippen LogP contribution in [0.4, 0.5) is 0 Å². The number of nitrogens with one attached hydrogen (secondary N) is 1. The van der Waals surface area contributed by atoms with Crippen LogP contribution in [0.5, 0.6) is 0 Å². The molecule has 2 atom stereocenters. The molecule has 0 bridgehead atoms. The predicted octanol–water partition coefficient (Wildman–Crippen LogP) is 2.11. The van der Waals surface area contributed by atoms with Gasteiger partial charge in [0.05, 0.1) is 0 Å². The third-order valence-corrected chi connectivity index (χ3v) is 3.98. The second-order valence-electron chi connectivity index (χ2n) is 5.33. The first kappa shape index (κ1) is 11.9. The molecule has 1 aliphatic carbocycles. The Kier molecular flexibility index (Phi) is 4.22. The number of carbonyl (C=O) groups excluding carboxylic acids is 1. The molecule has 1 aliphatic heterocycles. The lowest BCUT2D eigenvalue weighted by molar-refractivity contribution is -0.154. The maximum absolute atomic E-state index is 11.7. The molecule has 0 radical (unpaired) electrons. The highest BCUT2D eigenvalue weighted by Gasteiger charge is 2.26. The second kappa shape index (κ2) is 5.67. The van der Waals surface area contributed by atoms with Crippen molar-refractivity contribution in [2.24, 2.45) is 11.8 Å². The van der Waals surface area contributed by atoms with Crippen LogP contribution in [-0.4, -0.2) is 25.2 Å². The van der Waals surface area contributed by atoms with E-state index in [2.05, 4.69) is 12.2 Å². The Bertz CT molecular complexity index is 232. The Hall–Kier alpha value is -0.570. The van der Waals surface area contributed by atoms with Crippen molar-refractivity contribution in [3.63, 3.8) is 0 Å². The van der Waals surface area contributed by atoms with E-state index in [0.717, 1.165) is 25.9 Å². The monoisotopic (exact) mass is 225 g/mol. The molecule has 0 spiro atoms. The quantitative estimate of drug-likeness (QED) is 0.745. The van der Waals surface area contributed by atoms with Gasteiger partial charge < -0.3 is 10.1 Å². The van der Waals surface area contributed by atoms with E-state index < -0.39 is 0 Å². The molecular formula is C13H23NO2. The predicted molar refractivity (Wildman–Crippen MR) is 63.1 cm³/mol. The molecule has 1 N–H and O–H groups in total. The van der Waals surface area contributed by atoms with Gasteiger partial charge in [0.2, 0.25) is 0 Å². The first-order valence-electron chi connectivity index (χ1n) is 6.66. The summed E-state index contributed by atoms with van der Waals surface area (Å²) in [7, 11) is 0. The Morgan fingerprint density at radius 3 is 2.75 bits per heavy atom. The van der Waals surface area contributed by atoms with Crippen molar-refractivity contribution in [3.05, 3.63) is 0 Å². The zero-order valence-corrected chi connectivity index (χ0v) is 10.2. The minimum atomic E-state index is 0.0165. The average molecular weight is 225 g/mol. The minimum absolute atomic E-state index is 0.0165. The summed E-state index contributed by atoms with van der Waals surface area (Å²) in [5, 5.41) is 3.40. The summed E-state index contributed by atoms with van der Waals surface area (Å²) in [4.78, 5) is 11.7. The SMILES string of the molecule is CC(CC(=O)OC1CCC1)C1CCCNC1. The lowest BCUT2D eigenvalue weighted by atomic mass is 9.85. The lowest BCUT2D eigenvalue weighted by Gasteiger charge is -2.29. The molecule has 1 saturated heterocycles. The van der Waals surface area contributed by atoms with Crippen molar-refractivity contribution in [2.45, 2.75) is 51.6 Å². The van der Waals surface area contributed by atoms with Crippen LogP contribution in [0.1, 0.15) is 45.4 Å². The third-order valence-electron chi connectivity index (χ3n) is 3.98. The highest BCUT2D eigenvalue weighted by atomic mass is 16.5. The van der Waals surface area contributed by atoms with E-state index in [4.69, 9.17) is 4.74 Å². The number of piperidine rings is 1. The van der Waals surface area contributed by atoms with Crippen LogP contribution in [0.3, 0.4) is 0 Å². The molecule has 2 unspecified atom stereocenters. The summed E-state index contributed by atoms with van der Waals surface area (Å²) < 4.78 is 5.39. The summed E-state index contributed by atoms with van der Waals surface area (Å²) in [6, 6.07) is 0. The molecule has 1 heterocycles. The second-order valence-corrected chi connectivity index (χ2v) is 5.33. The van der Waals surface area contributed by atoms with Crippen molar-refractivity contribution in [1.29, 1.82) is 0 Å². The van der Waals surface area contributed by atoms with E-state index in [1.54, 1.807) is 0 Å². The van der Waals surface area contributed by atoms with Gasteiger partial charge in [0.25, 0.3) is 0 Å². The molecule has 1 saturated carbocycles. The van der Waals surface area contributed by atoms with Gasteiger partial charge in [-0.05, 0) is 57.0 Å². The molecular weight excluding hydrogens is 202 g/mol. The van der Waals surface area contributed by atoms with Crippen LogP contribution in [-0.2, 0) is 9.53 Å². The van der Waals surface area contributed by atoms with Gasteiger partial charge in [0.1, 0.15) is 6.10 Å². The summed E-state index contributed by atoms with van der Waals surface area (Å²) in [5.41, 5.74) is 0. The Balaban J connectivity index is 1.68. The number of rotatable bonds is 4. The van der Waals surface area contributed by atoms with Crippen molar-refractivity contribution in [1.82, 2.24) is 5.32 Å². The standard InChI is InChI=1S/C13H23NO2/c1-10(11-4-3-7-14-9-11)8-13(15)16-12-5-2-6-12/h10-12,14H,2-9H2,1H3. The van der Waals surface area contributed by atoms with Crippen LogP contribution in [0.25, 0.3) is 0 Å². The lowest BCUT2D eigenvalue weighted by Crippen LogP contribution is -2.34. The van der Waals surface area contributed by atoms with Gasteiger partial charge in [0, 0.05) is 6.42 Å². The van der Waals surface area contributed by atoms with Gasteiger partial charge in [-0.1, -0.05) is 6.92 Å². The van der Waals surface area contributed by atoms with Crippen molar-refractivity contribution in [2.75, 3.05) is 13.1 Å². The highest BCUT2D eigenvalue weighted by molar-refractivity contribution is 5.69. The minimum Gasteiger partial charge on any atom is -0.462 e. The van der Waals surface area contributed by atoms with Gasteiger partial charge >= 0.3 is 5.97 Å². The summed E-state index contributed by atoms with van der Waals surface area (Å²) in [6.45, 7) is 4.38. The van der Waals surface area contributed by atoms with Gasteiger partial charge in [-0.15, -0.1) is 0 Å². The van der Waals surface area contributed by atoms with E-state index >= 15 is 0 Å². The maximum atomic E-state index is 11.7. The van der Waals surface area contributed by atoms with Crippen LogP contribution < -0.4 is 5.32 Å². The highest BCUT2D eigenvalue weighted by Crippen LogP contribution is 2.26. The first-order chi connectivity index (χ1) is 7.75. The van der Waals surface area contributed by atoms with Crippen LogP contribution in [0, 0.1) is 11.8 Å². The molecule has 16 heavy (non-hydrogen) atoms. The number of carbonyl (C=O) groups is 1. The van der Waals surface area contributed by atoms with Crippen molar-refractivity contribution >= 4 is 5.97 Å². The molecule has 0 aromatic carbocycles. The molecule has 3 nitrogen and oxygen atoms in total. The van der Waals surface area contributed by atoms with E-state index in [1.165, 1.54) is 19.3 Å².